The molecule has 1 fully saturated rings. The standard InChI is InChI=1S/C13H18BrN/c1-9-6-10(2)13(14)11(7-9)8-12-4-3-5-15-12/h6-7,12,15H,3-5,8H2,1-2H3. The molecule has 1 nitrogen and oxygen atoms in total. The van der Waals surface area contributed by atoms with Crippen LogP contribution in [0.1, 0.15) is 29.5 Å². The molecule has 1 N–H and O–H groups in total. The minimum absolute atomic E-state index is 0.683. The Bertz CT molecular complexity index is 354. The average Bonchev–Trinajstić information content (AvgIpc) is 2.66. The second-order valence-corrected chi connectivity index (χ2v) is 5.35. The molecule has 1 atom stereocenters. The maximum Gasteiger partial charge on any atom is 0.0237 e. The van der Waals surface area contributed by atoms with Gasteiger partial charge in [0.05, 0.1) is 0 Å². The Hall–Kier alpha value is -0.340. The van der Waals surface area contributed by atoms with Crippen molar-refractivity contribution in [2.45, 2.75) is 39.2 Å². The third kappa shape index (κ3) is 2.61. The molecule has 1 aliphatic heterocycles. The highest BCUT2D eigenvalue weighted by atomic mass is 79.9. The molecule has 1 aliphatic rings. The van der Waals surface area contributed by atoms with Crippen molar-refractivity contribution in [3.8, 4) is 0 Å². The summed E-state index contributed by atoms with van der Waals surface area (Å²) in [5.74, 6) is 0. The molecule has 0 amide bonds. The maximum atomic E-state index is 3.69. The molecule has 1 heterocycles. The second kappa shape index (κ2) is 4.67. The Morgan fingerprint density at radius 1 is 1.40 bits per heavy atom. The van der Waals surface area contributed by atoms with Crippen molar-refractivity contribution in [2.75, 3.05) is 6.54 Å². The van der Waals surface area contributed by atoms with Gasteiger partial charge in [0.2, 0.25) is 0 Å². The smallest absolute Gasteiger partial charge is 0.0237 e. The molecule has 1 unspecified atom stereocenters. The van der Waals surface area contributed by atoms with Gasteiger partial charge in [0, 0.05) is 10.5 Å². The zero-order valence-electron chi connectivity index (χ0n) is 9.44. The number of halogens is 1. The van der Waals surface area contributed by atoms with Crippen LogP contribution in [0, 0.1) is 13.8 Å². The zero-order chi connectivity index (χ0) is 10.8. The molecule has 0 radical (unpaired) electrons. The molecule has 0 bridgehead atoms. The molecular weight excluding hydrogens is 250 g/mol. The highest BCUT2D eigenvalue weighted by Crippen LogP contribution is 2.25. The van der Waals surface area contributed by atoms with Crippen LogP contribution in [0.25, 0.3) is 0 Å². The molecule has 0 aromatic heterocycles. The lowest BCUT2D eigenvalue weighted by atomic mass is 10.0. The topological polar surface area (TPSA) is 12.0 Å². The largest absolute Gasteiger partial charge is 0.314 e. The first-order chi connectivity index (χ1) is 7.16. The van der Waals surface area contributed by atoms with Crippen molar-refractivity contribution in [3.63, 3.8) is 0 Å². The van der Waals surface area contributed by atoms with Gasteiger partial charge in [0.1, 0.15) is 0 Å². The first kappa shape index (κ1) is 11.2. The predicted molar refractivity (Wildman–Crippen MR) is 68.3 cm³/mol. The zero-order valence-corrected chi connectivity index (χ0v) is 11.0. The summed E-state index contributed by atoms with van der Waals surface area (Å²) in [7, 11) is 0. The summed E-state index contributed by atoms with van der Waals surface area (Å²) in [6.07, 6.45) is 3.80. The van der Waals surface area contributed by atoms with Gasteiger partial charge in [-0.05, 0) is 50.8 Å². The molecule has 1 saturated heterocycles. The van der Waals surface area contributed by atoms with Crippen molar-refractivity contribution in [2.24, 2.45) is 0 Å². The number of nitrogens with one attached hydrogen (secondary N) is 1. The molecule has 15 heavy (non-hydrogen) atoms. The first-order valence-electron chi connectivity index (χ1n) is 5.66. The summed E-state index contributed by atoms with van der Waals surface area (Å²) in [4.78, 5) is 0. The lowest BCUT2D eigenvalue weighted by Crippen LogP contribution is -2.23. The quantitative estimate of drug-likeness (QED) is 0.867. The highest BCUT2D eigenvalue weighted by molar-refractivity contribution is 9.10. The predicted octanol–water partition coefficient (Wildman–Crippen LogP) is 3.36. The van der Waals surface area contributed by atoms with Crippen LogP contribution in [-0.2, 0) is 6.42 Å². The Morgan fingerprint density at radius 3 is 2.87 bits per heavy atom. The third-order valence-electron chi connectivity index (χ3n) is 3.10. The normalized spacial score (nSPS) is 20.9. The van der Waals surface area contributed by atoms with Gasteiger partial charge < -0.3 is 5.32 Å². The van der Waals surface area contributed by atoms with E-state index >= 15 is 0 Å². The maximum absolute atomic E-state index is 3.69. The summed E-state index contributed by atoms with van der Waals surface area (Å²) in [6.45, 7) is 5.53. The Morgan fingerprint density at radius 2 is 2.20 bits per heavy atom. The molecule has 0 aliphatic carbocycles. The average molecular weight is 268 g/mol. The third-order valence-corrected chi connectivity index (χ3v) is 4.24. The van der Waals surface area contributed by atoms with Crippen molar-refractivity contribution >= 4 is 15.9 Å². The van der Waals surface area contributed by atoms with Crippen molar-refractivity contribution in [1.29, 1.82) is 0 Å². The van der Waals surface area contributed by atoms with Gasteiger partial charge in [-0.1, -0.05) is 33.6 Å². The summed E-state index contributed by atoms with van der Waals surface area (Å²) in [5, 5.41) is 3.55. The first-order valence-corrected chi connectivity index (χ1v) is 6.45. The molecule has 1 aromatic carbocycles. The monoisotopic (exact) mass is 267 g/mol. The van der Waals surface area contributed by atoms with Gasteiger partial charge >= 0.3 is 0 Å². The summed E-state index contributed by atoms with van der Waals surface area (Å²) >= 11 is 3.69. The molecule has 2 heteroatoms. The van der Waals surface area contributed by atoms with E-state index in [1.54, 1.807) is 0 Å². The number of aryl methyl sites for hydroxylation is 2. The van der Waals surface area contributed by atoms with Crippen LogP contribution in [0.15, 0.2) is 16.6 Å². The van der Waals surface area contributed by atoms with E-state index in [1.807, 2.05) is 0 Å². The molecule has 1 aromatic rings. The lowest BCUT2D eigenvalue weighted by molar-refractivity contribution is 0.601. The van der Waals surface area contributed by atoms with E-state index in [1.165, 1.54) is 40.5 Å². The number of benzene rings is 1. The molecule has 82 valence electrons. The molecule has 0 spiro atoms. The van der Waals surface area contributed by atoms with Crippen LogP contribution in [0.2, 0.25) is 0 Å². The second-order valence-electron chi connectivity index (χ2n) is 4.55. The summed E-state index contributed by atoms with van der Waals surface area (Å²) in [6, 6.07) is 5.22. The van der Waals surface area contributed by atoms with E-state index in [0.717, 1.165) is 6.42 Å². The Labute approximate surface area is 100 Å². The van der Waals surface area contributed by atoms with E-state index in [-0.39, 0.29) is 0 Å². The van der Waals surface area contributed by atoms with Crippen LogP contribution < -0.4 is 5.32 Å². The SMILES string of the molecule is Cc1cc(C)c(Br)c(CC2CCCN2)c1. The van der Waals surface area contributed by atoms with Gasteiger partial charge in [-0.15, -0.1) is 0 Å². The minimum atomic E-state index is 0.683. The summed E-state index contributed by atoms with van der Waals surface area (Å²) < 4.78 is 1.29. The van der Waals surface area contributed by atoms with E-state index in [9.17, 15) is 0 Å². The van der Waals surface area contributed by atoms with Gasteiger partial charge in [-0.3, -0.25) is 0 Å². The van der Waals surface area contributed by atoms with E-state index in [2.05, 4.69) is 47.2 Å². The fourth-order valence-corrected chi connectivity index (χ4v) is 2.77. The van der Waals surface area contributed by atoms with Crippen molar-refractivity contribution in [3.05, 3.63) is 33.3 Å². The summed E-state index contributed by atoms with van der Waals surface area (Å²) in [5.41, 5.74) is 4.17. The van der Waals surface area contributed by atoms with Crippen LogP contribution >= 0.6 is 15.9 Å². The highest BCUT2D eigenvalue weighted by Gasteiger charge is 2.16. The van der Waals surface area contributed by atoms with E-state index < -0.39 is 0 Å². The van der Waals surface area contributed by atoms with Crippen LogP contribution in [0.3, 0.4) is 0 Å². The van der Waals surface area contributed by atoms with Gasteiger partial charge in [-0.25, -0.2) is 0 Å². The van der Waals surface area contributed by atoms with Crippen molar-refractivity contribution in [1.82, 2.24) is 5.32 Å². The van der Waals surface area contributed by atoms with Gasteiger partial charge in [0.25, 0.3) is 0 Å². The minimum Gasteiger partial charge on any atom is -0.314 e. The fraction of sp³-hybridized carbons (Fsp3) is 0.538. The van der Waals surface area contributed by atoms with Gasteiger partial charge in [-0.2, -0.15) is 0 Å². The van der Waals surface area contributed by atoms with Crippen LogP contribution in [0.5, 0.6) is 0 Å². The van der Waals surface area contributed by atoms with Crippen molar-refractivity contribution < 1.29 is 0 Å². The number of hydrogen-bond donors (Lipinski definition) is 1. The van der Waals surface area contributed by atoms with E-state index in [0.29, 0.717) is 6.04 Å². The Kier molecular flexibility index (Phi) is 3.47. The number of rotatable bonds is 2. The molecule has 2 rings (SSSR count). The van der Waals surface area contributed by atoms with Crippen LogP contribution in [0.4, 0.5) is 0 Å². The number of hydrogen-bond acceptors (Lipinski definition) is 1. The van der Waals surface area contributed by atoms with Crippen LogP contribution in [-0.4, -0.2) is 12.6 Å². The Balaban J connectivity index is 2.19. The lowest BCUT2D eigenvalue weighted by Gasteiger charge is -2.14. The molecular formula is C13H18BrN. The van der Waals surface area contributed by atoms with Gasteiger partial charge in [0.15, 0.2) is 0 Å². The molecule has 0 saturated carbocycles. The van der Waals surface area contributed by atoms with E-state index in [4.69, 9.17) is 0 Å². The fourth-order valence-electron chi connectivity index (χ4n) is 2.38.